The van der Waals surface area contributed by atoms with Crippen LogP contribution in [0.5, 0.6) is 0 Å². The van der Waals surface area contributed by atoms with Gasteiger partial charge in [-0.1, -0.05) is 0 Å². The van der Waals surface area contributed by atoms with E-state index in [9.17, 15) is 0 Å². The van der Waals surface area contributed by atoms with Gasteiger partial charge in [-0.25, -0.2) is 0 Å². The first-order valence-electron chi connectivity index (χ1n) is 3.88. The Labute approximate surface area is 67.0 Å². The van der Waals surface area contributed by atoms with E-state index < -0.39 is 0 Å². The maximum absolute atomic E-state index is 5.31. The molecule has 4 nitrogen and oxygen atoms in total. The first kappa shape index (κ1) is 8.93. The number of rotatable bonds is 3. The van der Waals surface area contributed by atoms with Gasteiger partial charge in [-0.2, -0.15) is 5.06 Å². The SMILES string of the molecule is CCON1CCOCC1OC. The lowest BCUT2D eigenvalue weighted by Gasteiger charge is -2.32. The lowest BCUT2D eigenvalue weighted by Crippen LogP contribution is -2.46. The van der Waals surface area contributed by atoms with Crippen molar-refractivity contribution in [2.24, 2.45) is 0 Å². The number of hydrogen-bond acceptors (Lipinski definition) is 4. The second-order valence-corrected chi connectivity index (χ2v) is 2.32. The summed E-state index contributed by atoms with van der Waals surface area (Å²) in [6.07, 6.45) is -0.0382. The molecule has 0 amide bonds. The van der Waals surface area contributed by atoms with Crippen molar-refractivity contribution >= 4 is 0 Å². The highest BCUT2D eigenvalue weighted by Gasteiger charge is 2.22. The number of hydroxylamine groups is 2. The molecule has 1 atom stereocenters. The fourth-order valence-electron chi connectivity index (χ4n) is 1.06. The van der Waals surface area contributed by atoms with Crippen molar-refractivity contribution in [1.29, 1.82) is 0 Å². The Kier molecular flexibility index (Phi) is 3.79. The van der Waals surface area contributed by atoms with Gasteiger partial charge in [0, 0.05) is 7.11 Å². The Hall–Kier alpha value is -0.160. The summed E-state index contributed by atoms with van der Waals surface area (Å²) < 4.78 is 10.3. The van der Waals surface area contributed by atoms with Gasteiger partial charge in [0.05, 0.1) is 26.4 Å². The van der Waals surface area contributed by atoms with Gasteiger partial charge in [-0.05, 0) is 6.92 Å². The number of methoxy groups -OCH3 is 1. The predicted octanol–water partition coefficient (Wildman–Crippen LogP) is 0.243. The van der Waals surface area contributed by atoms with Crippen LogP contribution >= 0.6 is 0 Å². The van der Waals surface area contributed by atoms with E-state index in [1.807, 2.05) is 12.0 Å². The van der Waals surface area contributed by atoms with Gasteiger partial charge >= 0.3 is 0 Å². The summed E-state index contributed by atoms with van der Waals surface area (Å²) in [6.45, 7) is 4.74. The van der Waals surface area contributed by atoms with Gasteiger partial charge < -0.3 is 9.47 Å². The highest BCUT2D eigenvalue weighted by molar-refractivity contribution is 4.58. The smallest absolute Gasteiger partial charge is 0.155 e. The molecule has 0 aromatic carbocycles. The lowest BCUT2D eigenvalue weighted by molar-refractivity contribution is -0.281. The lowest BCUT2D eigenvalue weighted by atomic mass is 10.5. The molecular weight excluding hydrogens is 146 g/mol. The maximum Gasteiger partial charge on any atom is 0.155 e. The highest BCUT2D eigenvalue weighted by Crippen LogP contribution is 2.07. The van der Waals surface area contributed by atoms with Crippen molar-refractivity contribution in [3.8, 4) is 0 Å². The van der Waals surface area contributed by atoms with E-state index in [2.05, 4.69) is 0 Å². The second kappa shape index (κ2) is 4.66. The fourth-order valence-corrected chi connectivity index (χ4v) is 1.06. The molecule has 4 heteroatoms. The third kappa shape index (κ3) is 2.41. The summed E-state index contributed by atoms with van der Waals surface area (Å²) in [7, 11) is 1.66. The van der Waals surface area contributed by atoms with Crippen molar-refractivity contribution in [3.05, 3.63) is 0 Å². The quantitative estimate of drug-likeness (QED) is 0.593. The van der Waals surface area contributed by atoms with Crippen LogP contribution in [-0.2, 0) is 14.3 Å². The van der Waals surface area contributed by atoms with Crippen molar-refractivity contribution in [2.45, 2.75) is 13.2 Å². The van der Waals surface area contributed by atoms with Crippen molar-refractivity contribution in [3.63, 3.8) is 0 Å². The molecule has 11 heavy (non-hydrogen) atoms. The second-order valence-electron chi connectivity index (χ2n) is 2.32. The van der Waals surface area contributed by atoms with E-state index in [4.69, 9.17) is 14.3 Å². The minimum atomic E-state index is -0.0382. The standard InChI is InChI=1S/C7H15NO3/c1-3-11-8-4-5-10-6-7(8)9-2/h7H,3-6H2,1-2H3. The normalized spacial score (nSPS) is 27.3. The molecule has 1 aliphatic rings. The maximum atomic E-state index is 5.31. The number of morpholine rings is 1. The first-order chi connectivity index (χ1) is 5.38. The third-order valence-corrected chi connectivity index (χ3v) is 1.60. The molecule has 0 aliphatic carbocycles. The summed E-state index contributed by atoms with van der Waals surface area (Å²) >= 11 is 0. The molecule has 1 unspecified atom stereocenters. The average molecular weight is 161 g/mol. The summed E-state index contributed by atoms with van der Waals surface area (Å²) in [6, 6.07) is 0. The Bertz CT molecular complexity index is 108. The Morgan fingerprint density at radius 2 is 2.45 bits per heavy atom. The number of hydrogen-bond donors (Lipinski definition) is 0. The largest absolute Gasteiger partial charge is 0.376 e. The van der Waals surface area contributed by atoms with Crippen LogP contribution in [0.4, 0.5) is 0 Å². The third-order valence-electron chi connectivity index (χ3n) is 1.60. The van der Waals surface area contributed by atoms with E-state index in [0.29, 0.717) is 13.2 Å². The van der Waals surface area contributed by atoms with Gasteiger partial charge in [0.2, 0.25) is 0 Å². The van der Waals surface area contributed by atoms with Crippen molar-refractivity contribution in [1.82, 2.24) is 5.06 Å². The van der Waals surface area contributed by atoms with E-state index in [0.717, 1.165) is 13.2 Å². The molecule has 1 heterocycles. The molecule has 1 saturated heterocycles. The van der Waals surface area contributed by atoms with Crippen LogP contribution in [-0.4, -0.2) is 44.8 Å². The molecule has 1 aliphatic heterocycles. The van der Waals surface area contributed by atoms with Gasteiger partial charge in [0.1, 0.15) is 0 Å². The van der Waals surface area contributed by atoms with Crippen LogP contribution in [0.1, 0.15) is 6.92 Å². The zero-order valence-electron chi connectivity index (χ0n) is 7.08. The predicted molar refractivity (Wildman–Crippen MR) is 39.9 cm³/mol. The molecule has 0 radical (unpaired) electrons. The molecule has 66 valence electrons. The number of ether oxygens (including phenoxy) is 2. The van der Waals surface area contributed by atoms with Crippen LogP contribution in [0, 0.1) is 0 Å². The summed E-state index contributed by atoms with van der Waals surface area (Å²) in [5, 5.41) is 1.82. The monoisotopic (exact) mass is 161 g/mol. The van der Waals surface area contributed by atoms with E-state index in [1.54, 1.807) is 7.11 Å². The summed E-state index contributed by atoms with van der Waals surface area (Å²) in [5.74, 6) is 0. The Morgan fingerprint density at radius 1 is 1.64 bits per heavy atom. The zero-order chi connectivity index (χ0) is 8.10. The highest BCUT2D eigenvalue weighted by atomic mass is 16.7. The van der Waals surface area contributed by atoms with Crippen LogP contribution in [0.2, 0.25) is 0 Å². The van der Waals surface area contributed by atoms with E-state index in [-0.39, 0.29) is 6.23 Å². The van der Waals surface area contributed by atoms with Gasteiger partial charge in [0.25, 0.3) is 0 Å². The summed E-state index contributed by atoms with van der Waals surface area (Å²) in [5.41, 5.74) is 0. The zero-order valence-corrected chi connectivity index (χ0v) is 7.08. The van der Waals surface area contributed by atoms with Crippen LogP contribution < -0.4 is 0 Å². The van der Waals surface area contributed by atoms with Gasteiger partial charge in [-0.15, -0.1) is 0 Å². The molecule has 0 N–H and O–H groups in total. The molecule has 0 saturated carbocycles. The van der Waals surface area contributed by atoms with Crippen LogP contribution in [0.25, 0.3) is 0 Å². The molecular formula is C7H15NO3. The van der Waals surface area contributed by atoms with Crippen LogP contribution in [0.3, 0.4) is 0 Å². The summed E-state index contributed by atoms with van der Waals surface area (Å²) in [4.78, 5) is 5.31. The average Bonchev–Trinajstić information content (AvgIpc) is 2.06. The minimum absolute atomic E-state index is 0.0382. The first-order valence-corrected chi connectivity index (χ1v) is 3.88. The van der Waals surface area contributed by atoms with Crippen molar-refractivity contribution < 1.29 is 14.3 Å². The minimum Gasteiger partial charge on any atom is -0.376 e. The molecule has 1 fully saturated rings. The molecule has 0 spiro atoms. The van der Waals surface area contributed by atoms with Crippen molar-refractivity contribution in [2.75, 3.05) is 33.5 Å². The molecule has 0 bridgehead atoms. The van der Waals surface area contributed by atoms with Gasteiger partial charge in [0.15, 0.2) is 6.23 Å². The topological polar surface area (TPSA) is 30.9 Å². The van der Waals surface area contributed by atoms with E-state index in [1.165, 1.54) is 0 Å². The molecule has 1 rings (SSSR count). The van der Waals surface area contributed by atoms with Crippen LogP contribution in [0.15, 0.2) is 0 Å². The molecule has 0 aromatic heterocycles. The fraction of sp³-hybridized carbons (Fsp3) is 1.00. The molecule has 0 aromatic rings. The Balaban J connectivity index is 2.31. The Morgan fingerprint density at radius 3 is 3.09 bits per heavy atom. The number of nitrogens with zero attached hydrogens (tertiary/aromatic N) is 1. The van der Waals surface area contributed by atoms with Gasteiger partial charge in [-0.3, -0.25) is 4.84 Å². The van der Waals surface area contributed by atoms with E-state index >= 15 is 0 Å².